The number of aliphatic hydroxyl groups is 1. The number of β-amino-alcohol motifs (C(OH)–C–C–N with tert-alkyl or cyclic N) is 1. The van der Waals surface area contributed by atoms with Crippen LogP contribution < -0.4 is 16.2 Å². The molecule has 1 saturated carbocycles. The number of aliphatic hydroxyl groups excluding tert-OH is 1. The summed E-state index contributed by atoms with van der Waals surface area (Å²) in [7, 11) is 0. The number of rotatable bonds is 6. The zero-order chi connectivity index (χ0) is 27.0. The van der Waals surface area contributed by atoms with Gasteiger partial charge in [-0.15, -0.1) is 0 Å². The maximum Gasteiger partial charge on any atom is 0.255 e. The second-order valence-corrected chi connectivity index (χ2v) is 9.80. The van der Waals surface area contributed by atoms with Crippen molar-refractivity contribution in [2.24, 2.45) is 17.8 Å². The molecule has 2 aromatic carbocycles. The summed E-state index contributed by atoms with van der Waals surface area (Å²) in [5, 5.41) is 15.5. The largest absolute Gasteiger partial charge is 0.391 e. The Hall–Kier alpha value is -4.02. The maximum atomic E-state index is 14.9. The highest BCUT2D eigenvalue weighted by Gasteiger charge is 2.63. The van der Waals surface area contributed by atoms with Crippen molar-refractivity contribution in [1.29, 1.82) is 0 Å². The van der Waals surface area contributed by atoms with Crippen LogP contribution in [0.3, 0.4) is 0 Å². The van der Waals surface area contributed by atoms with Crippen LogP contribution in [-0.4, -0.2) is 51.5 Å². The van der Waals surface area contributed by atoms with Gasteiger partial charge in [0.15, 0.2) is 0 Å². The third kappa shape index (κ3) is 5.18. The first-order valence-corrected chi connectivity index (χ1v) is 12.4. The topological polar surface area (TPSA) is 121 Å². The number of nitrogens with one attached hydrogen (secondary N) is 2. The van der Waals surface area contributed by atoms with E-state index in [0.717, 1.165) is 6.07 Å². The molecule has 3 amide bonds. The summed E-state index contributed by atoms with van der Waals surface area (Å²) in [5.41, 5.74) is 0.239. The lowest BCUT2D eigenvalue weighted by Crippen LogP contribution is -2.33. The molecule has 196 valence electrons. The third-order valence-corrected chi connectivity index (χ3v) is 7.06. The molecular formula is C27H24ClFN4O5. The number of hydrogen-bond donors (Lipinski definition) is 3. The number of halogens is 2. The van der Waals surface area contributed by atoms with Gasteiger partial charge in [0.05, 0.1) is 35.2 Å². The summed E-state index contributed by atoms with van der Waals surface area (Å²) in [4.78, 5) is 52.9. The van der Waals surface area contributed by atoms with Crippen LogP contribution in [0.4, 0.5) is 15.8 Å². The Labute approximate surface area is 221 Å². The molecule has 3 N–H and O–H groups in total. The molecule has 2 aliphatic rings. The minimum Gasteiger partial charge on any atom is -0.391 e. The van der Waals surface area contributed by atoms with E-state index < -0.39 is 47.4 Å². The Bertz CT molecular complexity index is 1460. The van der Waals surface area contributed by atoms with E-state index in [9.17, 15) is 28.7 Å². The molecule has 4 unspecified atom stereocenters. The zero-order valence-corrected chi connectivity index (χ0v) is 20.8. The lowest BCUT2D eigenvalue weighted by atomic mass is 10.2. The summed E-state index contributed by atoms with van der Waals surface area (Å²) >= 11 is 5.90. The van der Waals surface area contributed by atoms with Gasteiger partial charge >= 0.3 is 0 Å². The van der Waals surface area contributed by atoms with Crippen molar-refractivity contribution in [1.82, 2.24) is 9.47 Å². The van der Waals surface area contributed by atoms with Gasteiger partial charge in [-0.2, -0.15) is 0 Å². The molecule has 1 saturated heterocycles. The second-order valence-electron chi connectivity index (χ2n) is 9.36. The fourth-order valence-electron chi connectivity index (χ4n) is 4.79. The van der Waals surface area contributed by atoms with Gasteiger partial charge in [0, 0.05) is 42.1 Å². The molecule has 2 fully saturated rings. The van der Waals surface area contributed by atoms with Crippen LogP contribution in [0, 0.1) is 23.6 Å². The number of hydrogen-bond acceptors (Lipinski definition) is 5. The predicted octanol–water partition coefficient (Wildman–Crippen LogP) is 2.66. The molecule has 4 atom stereocenters. The molecule has 3 aromatic rings. The van der Waals surface area contributed by atoms with Crippen LogP contribution in [0.5, 0.6) is 0 Å². The quantitative estimate of drug-likeness (QED) is 0.445. The van der Waals surface area contributed by atoms with E-state index >= 15 is 0 Å². The molecule has 2 heterocycles. The van der Waals surface area contributed by atoms with Gasteiger partial charge in [-0.1, -0.05) is 17.7 Å². The Morgan fingerprint density at radius 1 is 0.947 bits per heavy atom. The standard InChI is InChI=1S/C27H24ClFN4O5/c28-15-4-6-16(7-5-15)30-25(36)22-23(24(22)27(38)32-12-10-18(34)14-32)26(37)31-20-9-8-17(13-19(20)29)33-11-2-1-3-21(33)35/h1-9,11,13,18,22-24,34H,10,12,14H2,(H,30,36)(H,31,37). The van der Waals surface area contributed by atoms with E-state index in [4.69, 9.17) is 11.6 Å². The minimum atomic E-state index is -1.02. The Morgan fingerprint density at radius 2 is 1.66 bits per heavy atom. The molecule has 1 aliphatic carbocycles. The summed E-state index contributed by atoms with van der Waals surface area (Å²) in [5.74, 6) is -5.33. The highest BCUT2D eigenvalue weighted by atomic mass is 35.5. The van der Waals surface area contributed by atoms with E-state index in [-0.39, 0.29) is 23.5 Å². The number of pyridine rings is 1. The number of anilines is 2. The summed E-state index contributed by atoms with van der Waals surface area (Å²) in [6.45, 7) is 0.454. The normalized spacial score (nSPS) is 22.1. The van der Waals surface area contributed by atoms with Gasteiger partial charge in [-0.25, -0.2) is 4.39 Å². The molecule has 1 aromatic heterocycles. The molecule has 9 nitrogen and oxygen atoms in total. The SMILES string of the molecule is O=C(Nc1ccc(Cl)cc1)C1C(C(=O)Nc2ccc(-n3ccccc3=O)cc2F)C1C(=O)N1CCC(O)C1. The molecule has 0 bridgehead atoms. The lowest BCUT2D eigenvalue weighted by Gasteiger charge is -2.15. The Balaban J connectivity index is 1.34. The van der Waals surface area contributed by atoms with Crippen molar-refractivity contribution in [3.8, 4) is 5.69 Å². The summed E-state index contributed by atoms with van der Waals surface area (Å²) in [6, 6.07) is 14.8. The number of likely N-dealkylation sites (tertiary alicyclic amines) is 1. The molecule has 0 spiro atoms. The monoisotopic (exact) mass is 538 g/mol. The zero-order valence-electron chi connectivity index (χ0n) is 20.0. The third-order valence-electron chi connectivity index (χ3n) is 6.81. The fraction of sp³-hybridized carbons (Fsp3) is 0.259. The number of benzene rings is 2. The lowest BCUT2D eigenvalue weighted by molar-refractivity contribution is -0.134. The van der Waals surface area contributed by atoms with Crippen LogP contribution in [0.1, 0.15) is 6.42 Å². The molecule has 1 aliphatic heterocycles. The van der Waals surface area contributed by atoms with E-state index in [0.29, 0.717) is 23.7 Å². The van der Waals surface area contributed by atoms with Crippen LogP contribution in [0.15, 0.2) is 71.7 Å². The molecule has 0 radical (unpaired) electrons. The van der Waals surface area contributed by atoms with Gasteiger partial charge < -0.3 is 20.6 Å². The Kier molecular flexibility index (Phi) is 7.00. The number of carbonyl (C=O) groups is 3. The first kappa shape index (κ1) is 25.6. The Morgan fingerprint density at radius 3 is 2.29 bits per heavy atom. The van der Waals surface area contributed by atoms with E-state index in [2.05, 4.69) is 10.6 Å². The number of aromatic nitrogens is 1. The number of nitrogens with zero attached hydrogens (tertiary/aromatic N) is 2. The highest BCUT2D eigenvalue weighted by Crippen LogP contribution is 2.49. The number of carbonyl (C=O) groups excluding carboxylic acids is 3. The van der Waals surface area contributed by atoms with Crippen LogP contribution in [0.25, 0.3) is 5.69 Å². The summed E-state index contributed by atoms with van der Waals surface area (Å²) < 4.78 is 16.2. The van der Waals surface area contributed by atoms with Gasteiger partial charge in [-0.3, -0.25) is 23.7 Å². The summed E-state index contributed by atoms with van der Waals surface area (Å²) in [6.07, 6.45) is 1.25. The van der Waals surface area contributed by atoms with Crippen LogP contribution in [0.2, 0.25) is 5.02 Å². The fourth-order valence-corrected chi connectivity index (χ4v) is 4.92. The molecule has 5 rings (SSSR count). The van der Waals surface area contributed by atoms with Gasteiger partial charge in [-0.05, 0) is 48.9 Å². The van der Waals surface area contributed by atoms with Crippen LogP contribution in [-0.2, 0) is 14.4 Å². The van der Waals surface area contributed by atoms with Crippen molar-refractivity contribution >= 4 is 40.7 Å². The van der Waals surface area contributed by atoms with E-state index in [1.807, 2.05) is 0 Å². The highest BCUT2D eigenvalue weighted by molar-refractivity contribution is 6.30. The minimum absolute atomic E-state index is 0.129. The smallest absolute Gasteiger partial charge is 0.255 e. The maximum absolute atomic E-state index is 14.9. The molecule has 38 heavy (non-hydrogen) atoms. The van der Waals surface area contributed by atoms with Gasteiger partial charge in [0.25, 0.3) is 5.56 Å². The first-order chi connectivity index (χ1) is 18.2. The average molecular weight is 539 g/mol. The van der Waals surface area contributed by atoms with Gasteiger partial charge in [0.2, 0.25) is 17.7 Å². The van der Waals surface area contributed by atoms with Crippen molar-refractivity contribution in [2.45, 2.75) is 12.5 Å². The van der Waals surface area contributed by atoms with Gasteiger partial charge in [0.1, 0.15) is 5.82 Å². The van der Waals surface area contributed by atoms with Crippen molar-refractivity contribution in [2.75, 3.05) is 23.7 Å². The average Bonchev–Trinajstić information content (AvgIpc) is 3.51. The van der Waals surface area contributed by atoms with Crippen molar-refractivity contribution in [3.63, 3.8) is 0 Å². The second kappa shape index (κ2) is 10.4. The molecular weight excluding hydrogens is 515 g/mol. The molecule has 11 heteroatoms. The number of amides is 3. The first-order valence-electron chi connectivity index (χ1n) is 12.0. The van der Waals surface area contributed by atoms with E-state index in [1.165, 1.54) is 33.9 Å². The predicted molar refractivity (Wildman–Crippen MR) is 138 cm³/mol. The van der Waals surface area contributed by atoms with Crippen molar-refractivity contribution in [3.05, 3.63) is 88.1 Å². The van der Waals surface area contributed by atoms with Crippen LogP contribution >= 0.6 is 11.6 Å². The van der Waals surface area contributed by atoms with Crippen molar-refractivity contribution < 1.29 is 23.9 Å². The van der Waals surface area contributed by atoms with E-state index in [1.54, 1.807) is 36.4 Å².